The summed E-state index contributed by atoms with van der Waals surface area (Å²) in [5.74, 6) is -1.82. The largest absolute Gasteiger partial charge is 0.479 e. The molecule has 3 N–H and O–H groups in total. The van der Waals surface area contributed by atoms with Crippen molar-refractivity contribution in [1.82, 2.24) is 10.2 Å². The zero-order chi connectivity index (χ0) is 15.1. The zero-order valence-corrected chi connectivity index (χ0v) is 11.4. The fraction of sp³-hybridized carbons (Fsp3) is 0.750. The van der Waals surface area contributed by atoms with Gasteiger partial charge in [-0.15, -0.1) is 0 Å². The molecule has 1 atom stereocenters. The van der Waals surface area contributed by atoms with Crippen LogP contribution < -0.4 is 5.32 Å². The normalized spacial score (nSPS) is 17.4. The van der Waals surface area contributed by atoms with E-state index in [0.717, 1.165) is 0 Å². The quantitative estimate of drug-likeness (QED) is 0.583. The monoisotopic (exact) mass is 288 g/mol. The van der Waals surface area contributed by atoms with E-state index in [4.69, 9.17) is 14.9 Å². The minimum absolute atomic E-state index is 0.191. The van der Waals surface area contributed by atoms with E-state index in [0.29, 0.717) is 32.5 Å². The highest BCUT2D eigenvalue weighted by molar-refractivity contribution is 5.77. The molecule has 0 saturated carbocycles. The predicted molar refractivity (Wildman–Crippen MR) is 68.0 cm³/mol. The van der Waals surface area contributed by atoms with Crippen LogP contribution in [0, 0.1) is 5.92 Å². The van der Waals surface area contributed by atoms with Crippen LogP contribution in [0.25, 0.3) is 0 Å². The summed E-state index contributed by atoms with van der Waals surface area (Å²) in [4.78, 5) is 35.1. The number of hydrogen-bond acceptors (Lipinski definition) is 5. The molecule has 8 nitrogen and oxygen atoms in total. The summed E-state index contributed by atoms with van der Waals surface area (Å²) in [7, 11) is 0. The number of carboxylic acids is 1. The van der Waals surface area contributed by atoms with Crippen molar-refractivity contribution in [2.45, 2.75) is 25.9 Å². The number of carbonyl (C=O) groups is 3. The van der Waals surface area contributed by atoms with Gasteiger partial charge >= 0.3 is 18.0 Å². The van der Waals surface area contributed by atoms with Gasteiger partial charge in [0.1, 0.15) is 0 Å². The minimum Gasteiger partial charge on any atom is -0.479 e. The van der Waals surface area contributed by atoms with Crippen molar-refractivity contribution in [3.8, 4) is 0 Å². The number of nitrogens with zero attached hydrogens (tertiary/aromatic N) is 1. The van der Waals surface area contributed by atoms with Crippen molar-refractivity contribution in [2.75, 3.05) is 26.2 Å². The highest BCUT2D eigenvalue weighted by Gasteiger charge is 2.28. The van der Waals surface area contributed by atoms with E-state index >= 15 is 0 Å². The SMILES string of the molecule is CCOC(=O)C1CCN(C(=O)NC[C@H](O)C(=O)O)CC1. The number of nitrogens with one attached hydrogen (secondary N) is 1. The first kappa shape index (κ1) is 16.2. The van der Waals surface area contributed by atoms with Crippen LogP contribution in [-0.4, -0.2) is 65.4 Å². The van der Waals surface area contributed by atoms with E-state index in [-0.39, 0.29) is 18.4 Å². The number of esters is 1. The lowest BCUT2D eigenvalue weighted by Crippen LogP contribution is -2.48. The van der Waals surface area contributed by atoms with Crippen LogP contribution in [0.3, 0.4) is 0 Å². The fourth-order valence-corrected chi connectivity index (χ4v) is 1.96. The number of carbonyl (C=O) groups excluding carboxylic acids is 2. The summed E-state index contributed by atoms with van der Waals surface area (Å²) >= 11 is 0. The van der Waals surface area contributed by atoms with Gasteiger partial charge in [0.2, 0.25) is 0 Å². The average Bonchev–Trinajstić information content (AvgIpc) is 2.44. The fourth-order valence-electron chi connectivity index (χ4n) is 1.96. The first-order chi connectivity index (χ1) is 9.45. The molecular formula is C12H20N2O6. The zero-order valence-electron chi connectivity index (χ0n) is 11.4. The Morgan fingerprint density at radius 3 is 2.45 bits per heavy atom. The van der Waals surface area contributed by atoms with Crippen molar-refractivity contribution in [3.63, 3.8) is 0 Å². The van der Waals surface area contributed by atoms with E-state index in [1.165, 1.54) is 4.90 Å². The maximum Gasteiger partial charge on any atom is 0.334 e. The average molecular weight is 288 g/mol. The molecule has 0 unspecified atom stereocenters. The van der Waals surface area contributed by atoms with Crippen molar-refractivity contribution in [3.05, 3.63) is 0 Å². The lowest BCUT2D eigenvalue weighted by Gasteiger charge is -2.31. The number of piperidine rings is 1. The van der Waals surface area contributed by atoms with Gasteiger partial charge < -0.3 is 25.2 Å². The van der Waals surface area contributed by atoms with Crippen molar-refractivity contribution < 1.29 is 29.3 Å². The summed E-state index contributed by atoms with van der Waals surface area (Å²) in [5.41, 5.74) is 0. The molecular weight excluding hydrogens is 268 g/mol. The number of aliphatic carboxylic acids is 1. The Labute approximate surface area is 116 Å². The number of aliphatic hydroxyl groups excluding tert-OH is 1. The van der Waals surface area contributed by atoms with E-state index in [1.54, 1.807) is 6.92 Å². The highest BCUT2D eigenvalue weighted by atomic mass is 16.5. The van der Waals surface area contributed by atoms with Crippen molar-refractivity contribution in [1.29, 1.82) is 0 Å². The standard InChI is InChI=1S/C12H20N2O6/c1-2-20-11(18)8-3-5-14(6-4-8)12(19)13-7-9(15)10(16)17/h8-9,15H,2-7H2,1H3,(H,13,19)(H,16,17)/t9-/m0/s1. The third-order valence-electron chi connectivity index (χ3n) is 3.13. The van der Waals surface area contributed by atoms with Crippen LogP contribution in [0.2, 0.25) is 0 Å². The molecule has 8 heteroatoms. The number of urea groups is 1. The lowest BCUT2D eigenvalue weighted by molar-refractivity contribution is -0.149. The first-order valence-electron chi connectivity index (χ1n) is 6.56. The van der Waals surface area contributed by atoms with Crippen LogP contribution >= 0.6 is 0 Å². The number of ether oxygens (including phenoxy) is 1. The molecule has 1 heterocycles. The Kier molecular flexibility index (Phi) is 6.23. The second kappa shape index (κ2) is 7.68. The van der Waals surface area contributed by atoms with Gasteiger partial charge in [0.15, 0.2) is 6.10 Å². The molecule has 1 rings (SSSR count). The molecule has 20 heavy (non-hydrogen) atoms. The summed E-state index contributed by atoms with van der Waals surface area (Å²) in [5, 5.41) is 19.9. The third kappa shape index (κ3) is 4.69. The van der Waals surface area contributed by atoms with Crippen molar-refractivity contribution in [2.24, 2.45) is 5.92 Å². The van der Waals surface area contributed by atoms with Gasteiger partial charge in [-0.1, -0.05) is 0 Å². The van der Waals surface area contributed by atoms with Gasteiger partial charge in [0.05, 0.1) is 19.1 Å². The van der Waals surface area contributed by atoms with E-state index in [9.17, 15) is 14.4 Å². The Morgan fingerprint density at radius 2 is 1.95 bits per heavy atom. The summed E-state index contributed by atoms with van der Waals surface area (Å²) in [6.45, 7) is 2.55. The highest BCUT2D eigenvalue weighted by Crippen LogP contribution is 2.18. The Morgan fingerprint density at radius 1 is 1.35 bits per heavy atom. The summed E-state index contributed by atoms with van der Waals surface area (Å²) in [6, 6.07) is -0.437. The Bertz CT molecular complexity index is 365. The molecule has 114 valence electrons. The van der Waals surface area contributed by atoms with Gasteiger partial charge in [-0.3, -0.25) is 4.79 Å². The van der Waals surface area contributed by atoms with Crippen LogP contribution in [0.1, 0.15) is 19.8 Å². The van der Waals surface area contributed by atoms with Gasteiger partial charge in [-0.25, -0.2) is 9.59 Å². The number of rotatable bonds is 5. The van der Waals surface area contributed by atoms with Gasteiger partial charge in [-0.2, -0.15) is 0 Å². The molecule has 0 aromatic rings. The van der Waals surface area contributed by atoms with Gasteiger partial charge in [-0.05, 0) is 19.8 Å². The number of hydrogen-bond donors (Lipinski definition) is 3. The first-order valence-corrected chi connectivity index (χ1v) is 6.56. The maximum atomic E-state index is 11.7. The summed E-state index contributed by atoms with van der Waals surface area (Å²) < 4.78 is 4.93. The third-order valence-corrected chi connectivity index (χ3v) is 3.13. The Balaban J connectivity index is 2.32. The molecule has 0 aliphatic carbocycles. The number of carboxylic acid groups (broad SMARTS) is 1. The van der Waals surface area contributed by atoms with E-state index < -0.39 is 18.1 Å². The lowest BCUT2D eigenvalue weighted by atomic mass is 9.97. The maximum absolute atomic E-state index is 11.7. The number of aliphatic hydroxyl groups is 1. The molecule has 0 aromatic carbocycles. The minimum atomic E-state index is -1.61. The van der Waals surface area contributed by atoms with Gasteiger partial charge in [0, 0.05) is 13.1 Å². The predicted octanol–water partition coefficient (Wildman–Crippen LogP) is -0.583. The molecule has 0 aromatic heterocycles. The van der Waals surface area contributed by atoms with Crippen LogP contribution in [0.5, 0.6) is 0 Å². The Hall–Kier alpha value is -1.83. The topological polar surface area (TPSA) is 116 Å². The molecule has 2 amide bonds. The smallest absolute Gasteiger partial charge is 0.334 e. The van der Waals surface area contributed by atoms with Crippen LogP contribution in [0.15, 0.2) is 0 Å². The second-order valence-electron chi connectivity index (χ2n) is 4.55. The molecule has 0 spiro atoms. The summed E-state index contributed by atoms with van der Waals surface area (Å²) in [6.07, 6.45) is -0.572. The van der Waals surface area contributed by atoms with Gasteiger partial charge in [0.25, 0.3) is 0 Å². The number of likely N-dealkylation sites (tertiary alicyclic amines) is 1. The van der Waals surface area contributed by atoms with E-state index in [1.807, 2.05) is 0 Å². The van der Waals surface area contributed by atoms with Crippen LogP contribution in [-0.2, 0) is 14.3 Å². The molecule has 0 bridgehead atoms. The van der Waals surface area contributed by atoms with Crippen LogP contribution in [0.4, 0.5) is 4.79 Å². The van der Waals surface area contributed by atoms with E-state index in [2.05, 4.69) is 5.32 Å². The molecule has 1 saturated heterocycles. The second-order valence-corrected chi connectivity index (χ2v) is 4.55. The van der Waals surface area contributed by atoms with Crippen molar-refractivity contribution >= 4 is 18.0 Å². The number of amides is 2. The molecule has 0 radical (unpaired) electrons. The molecule has 1 aliphatic rings. The molecule has 1 aliphatic heterocycles. The molecule has 1 fully saturated rings.